The quantitative estimate of drug-likeness (QED) is 0.796. The third kappa shape index (κ3) is 4.49. The molecule has 2 aromatic rings. The summed E-state index contributed by atoms with van der Waals surface area (Å²) in [4.78, 5) is 0. The van der Waals surface area contributed by atoms with Gasteiger partial charge in [-0.15, -0.1) is 0 Å². The van der Waals surface area contributed by atoms with E-state index in [1.165, 1.54) is 17.7 Å². The molecule has 1 atom stereocenters. The van der Waals surface area contributed by atoms with Crippen LogP contribution in [0.25, 0.3) is 0 Å². The summed E-state index contributed by atoms with van der Waals surface area (Å²) in [6, 6.07) is 13.3. The van der Waals surface area contributed by atoms with Gasteiger partial charge < -0.3 is 5.32 Å². The molecule has 0 saturated carbocycles. The Morgan fingerprint density at radius 2 is 2.00 bits per heavy atom. The van der Waals surface area contributed by atoms with Crippen molar-refractivity contribution in [2.24, 2.45) is 7.05 Å². The first-order chi connectivity index (χ1) is 9.79. The van der Waals surface area contributed by atoms with Crippen LogP contribution >= 0.6 is 0 Å². The molecule has 0 amide bonds. The van der Waals surface area contributed by atoms with E-state index < -0.39 is 0 Å². The van der Waals surface area contributed by atoms with Crippen LogP contribution in [0.5, 0.6) is 0 Å². The number of nitrogens with one attached hydrogen (secondary N) is 1. The maximum Gasteiger partial charge on any atom is 0.0624 e. The molecule has 0 radical (unpaired) electrons. The largest absolute Gasteiger partial charge is 0.310 e. The van der Waals surface area contributed by atoms with Crippen molar-refractivity contribution in [3.63, 3.8) is 0 Å². The predicted molar refractivity (Wildman–Crippen MR) is 83.6 cm³/mol. The van der Waals surface area contributed by atoms with Crippen molar-refractivity contribution in [2.75, 3.05) is 6.54 Å². The smallest absolute Gasteiger partial charge is 0.0624 e. The van der Waals surface area contributed by atoms with E-state index in [0.29, 0.717) is 6.04 Å². The molecule has 20 heavy (non-hydrogen) atoms. The number of hydrogen-bond acceptors (Lipinski definition) is 2. The molecule has 1 N–H and O–H groups in total. The molecule has 108 valence electrons. The summed E-state index contributed by atoms with van der Waals surface area (Å²) >= 11 is 0. The van der Waals surface area contributed by atoms with Gasteiger partial charge in [0.1, 0.15) is 0 Å². The van der Waals surface area contributed by atoms with Crippen molar-refractivity contribution in [3.05, 3.63) is 53.9 Å². The third-order valence-corrected chi connectivity index (χ3v) is 3.54. The third-order valence-electron chi connectivity index (χ3n) is 3.54. The van der Waals surface area contributed by atoms with E-state index in [2.05, 4.69) is 53.7 Å². The zero-order valence-corrected chi connectivity index (χ0v) is 12.5. The van der Waals surface area contributed by atoms with Crippen LogP contribution in [-0.2, 0) is 13.5 Å². The summed E-state index contributed by atoms with van der Waals surface area (Å²) in [5, 5.41) is 8.09. The molecule has 1 heterocycles. The fourth-order valence-electron chi connectivity index (χ4n) is 2.47. The Kier molecular flexibility index (Phi) is 5.81. The maximum atomic E-state index is 4.44. The van der Waals surface area contributed by atoms with Gasteiger partial charge in [-0.05, 0) is 43.9 Å². The SMILES string of the molecule is CCCNC(CCCc1ccn(C)n1)c1ccccc1. The normalized spacial score (nSPS) is 12.5. The predicted octanol–water partition coefficient (Wildman–Crippen LogP) is 3.48. The second kappa shape index (κ2) is 7.85. The average molecular weight is 271 g/mol. The first-order valence-electron chi connectivity index (χ1n) is 7.56. The molecule has 0 fully saturated rings. The van der Waals surface area contributed by atoms with Crippen LogP contribution in [0.1, 0.15) is 43.5 Å². The number of nitrogens with zero attached hydrogens (tertiary/aromatic N) is 2. The highest BCUT2D eigenvalue weighted by Gasteiger charge is 2.10. The minimum atomic E-state index is 0.458. The lowest BCUT2D eigenvalue weighted by molar-refractivity contribution is 0.482. The zero-order chi connectivity index (χ0) is 14.2. The second-order valence-corrected chi connectivity index (χ2v) is 5.29. The van der Waals surface area contributed by atoms with Crippen molar-refractivity contribution in [1.29, 1.82) is 0 Å². The van der Waals surface area contributed by atoms with Gasteiger partial charge in [-0.25, -0.2) is 0 Å². The summed E-state index contributed by atoms with van der Waals surface area (Å²) in [6.45, 7) is 3.28. The van der Waals surface area contributed by atoms with Crippen LogP contribution in [0.4, 0.5) is 0 Å². The second-order valence-electron chi connectivity index (χ2n) is 5.29. The molecular weight excluding hydrogens is 246 g/mol. The number of rotatable bonds is 8. The number of aryl methyl sites for hydroxylation is 2. The summed E-state index contributed by atoms with van der Waals surface area (Å²) in [5.41, 5.74) is 2.58. The average Bonchev–Trinajstić information content (AvgIpc) is 2.89. The van der Waals surface area contributed by atoms with Crippen molar-refractivity contribution in [3.8, 4) is 0 Å². The van der Waals surface area contributed by atoms with Crippen molar-refractivity contribution < 1.29 is 0 Å². The number of aromatic nitrogens is 2. The Hall–Kier alpha value is -1.61. The van der Waals surface area contributed by atoms with Gasteiger partial charge in [-0.3, -0.25) is 4.68 Å². The molecule has 0 aliphatic carbocycles. The van der Waals surface area contributed by atoms with E-state index in [4.69, 9.17) is 0 Å². The molecule has 1 aromatic carbocycles. The lowest BCUT2D eigenvalue weighted by Gasteiger charge is -2.18. The molecule has 1 aromatic heterocycles. The minimum Gasteiger partial charge on any atom is -0.310 e. The van der Waals surface area contributed by atoms with E-state index in [-0.39, 0.29) is 0 Å². The number of benzene rings is 1. The van der Waals surface area contributed by atoms with Crippen LogP contribution in [0.15, 0.2) is 42.6 Å². The zero-order valence-electron chi connectivity index (χ0n) is 12.5. The Labute approximate surface area is 122 Å². The Morgan fingerprint density at radius 1 is 1.20 bits per heavy atom. The van der Waals surface area contributed by atoms with Crippen LogP contribution in [-0.4, -0.2) is 16.3 Å². The van der Waals surface area contributed by atoms with Crippen molar-refractivity contribution >= 4 is 0 Å². The van der Waals surface area contributed by atoms with Crippen LogP contribution in [0.3, 0.4) is 0 Å². The minimum absolute atomic E-state index is 0.458. The van der Waals surface area contributed by atoms with E-state index in [1.54, 1.807) is 0 Å². The van der Waals surface area contributed by atoms with E-state index in [0.717, 1.165) is 25.8 Å². The summed E-state index contributed by atoms with van der Waals surface area (Å²) < 4.78 is 1.87. The number of hydrogen-bond donors (Lipinski definition) is 1. The fraction of sp³-hybridized carbons (Fsp3) is 0.471. The molecular formula is C17H25N3. The molecule has 2 rings (SSSR count). The fourth-order valence-corrected chi connectivity index (χ4v) is 2.47. The van der Waals surface area contributed by atoms with E-state index in [1.807, 2.05) is 17.9 Å². The highest BCUT2D eigenvalue weighted by Crippen LogP contribution is 2.19. The van der Waals surface area contributed by atoms with E-state index in [9.17, 15) is 0 Å². The van der Waals surface area contributed by atoms with Gasteiger partial charge >= 0.3 is 0 Å². The molecule has 0 bridgehead atoms. The van der Waals surface area contributed by atoms with Gasteiger partial charge in [-0.1, -0.05) is 37.3 Å². The first kappa shape index (κ1) is 14.8. The maximum absolute atomic E-state index is 4.44. The van der Waals surface area contributed by atoms with Gasteiger partial charge in [0.05, 0.1) is 5.69 Å². The Balaban J connectivity index is 1.87. The summed E-state index contributed by atoms with van der Waals surface area (Å²) in [6.07, 6.45) is 6.55. The van der Waals surface area contributed by atoms with Crippen LogP contribution in [0, 0.1) is 0 Å². The lowest BCUT2D eigenvalue weighted by atomic mass is 10.0. The molecule has 0 spiro atoms. The van der Waals surface area contributed by atoms with Crippen LogP contribution in [0.2, 0.25) is 0 Å². The highest BCUT2D eigenvalue weighted by atomic mass is 15.2. The topological polar surface area (TPSA) is 29.9 Å². The summed E-state index contributed by atoms with van der Waals surface area (Å²) in [5.74, 6) is 0. The van der Waals surface area contributed by atoms with Gasteiger partial charge in [0.2, 0.25) is 0 Å². The van der Waals surface area contributed by atoms with Crippen molar-refractivity contribution in [1.82, 2.24) is 15.1 Å². The molecule has 0 aliphatic heterocycles. The molecule has 3 nitrogen and oxygen atoms in total. The van der Waals surface area contributed by atoms with Gasteiger partial charge in [0.15, 0.2) is 0 Å². The molecule has 0 saturated heterocycles. The highest BCUT2D eigenvalue weighted by molar-refractivity contribution is 5.18. The summed E-state index contributed by atoms with van der Waals surface area (Å²) in [7, 11) is 1.97. The van der Waals surface area contributed by atoms with Gasteiger partial charge in [0.25, 0.3) is 0 Å². The van der Waals surface area contributed by atoms with E-state index >= 15 is 0 Å². The molecule has 0 aliphatic rings. The van der Waals surface area contributed by atoms with Crippen molar-refractivity contribution in [2.45, 2.75) is 38.6 Å². The molecule has 1 unspecified atom stereocenters. The van der Waals surface area contributed by atoms with Crippen LogP contribution < -0.4 is 5.32 Å². The standard InChI is InChI=1S/C17H25N3/c1-3-13-18-17(15-8-5-4-6-9-15)11-7-10-16-12-14-20(2)19-16/h4-6,8-9,12,14,17-18H,3,7,10-11,13H2,1-2H3. The first-order valence-corrected chi connectivity index (χ1v) is 7.56. The Morgan fingerprint density at radius 3 is 2.65 bits per heavy atom. The Bertz CT molecular complexity index is 490. The monoisotopic (exact) mass is 271 g/mol. The van der Waals surface area contributed by atoms with Gasteiger partial charge in [0, 0.05) is 19.3 Å². The lowest BCUT2D eigenvalue weighted by Crippen LogP contribution is -2.22. The molecule has 3 heteroatoms. The van der Waals surface area contributed by atoms with Gasteiger partial charge in [-0.2, -0.15) is 5.10 Å².